The van der Waals surface area contributed by atoms with Crippen LogP contribution in [0.1, 0.15) is 231 Å². The summed E-state index contributed by atoms with van der Waals surface area (Å²) in [5, 5.41) is 0. The third-order valence-corrected chi connectivity index (χ3v) is 21.3. The van der Waals surface area contributed by atoms with Crippen molar-refractivity contribution in [2.45, 2.75) is 253 Å². The quantitative estimate of drug-likeness (QED) is 0.0439. The van der Waals surface area contributed by atoms with E-state index < -0.39 is 0 Å². The SMILES string of the molecule is CCCCCCCCCCCCc1ccc(-c2nc(-c3ccc(-c4c(C)cc(C)cc4C)cc3)nc(-c3ccc(-c4c(C)cc(C)cc4C)cc3)n2)cc1.CCCCCCc1cc(C)c(CCCCCC)cc1C.Cc1cc(C)c(-c2ccc(-c3ccc(-c4c(C)cc(C)cc4C)cc3)cc2)c(C)c1. The average Bonchev–Trinajstić information content (AvgIpc) is 0.801. The van der Waals surface area contributed by atoms with Gasteiger partial charge < -0.3 is 0 Å². The van der Waals surface area contributed by atoms with Gasteiger partial charge in [-0.2, -0.15) is 0 Å². The Kier molecular flexibility index (Phi) is 30.0. The first kappa shape index (κ1) is 79.3. The Morgan fingerprint density at radius 3 is 0.654 bits per heavy atom. The van der Waals surface area contributed by atoms with Gasteiger partial charge >= 0.3 is 0 Å². The predicted octanol–water partition coefficient (Wildman–Crippen LogP) is 29.6. The summed E-state index contributed by atoms with van der Waals surface area (Å²) in [5.41, 5.74) is 39.1. The van der Waals surface area contributed by atoms with Gasteiger partial charge in [0.2, 0.25) is 0 Å². The lowest BCUT2D eigenvalue weighted by atomic mass is 9.91. The Bertz CT molecular complexity index is 4190. The normalized spacial score (nSPS) is 11.2. The van der Waals surface area contributed by atoms with E-state index in [1.54, 1.807) is 11.1 Å². The van der Waals surface area contributed by atoms with E-state index in [2.05, 4.69) is 300 Å². The van der Waals surface area contributed by atoms with Crippen LogP contribution in [0.2, 0.25) is 0 Å². The highest BCUT2D eigenvalue weighted by Gasteiger charge is 2.17. The first-order valence-electron chi connectivity index (χ1n) is 39.9. The maximum atomic E-state index is 5.08. The van der Waals surface area contributed by atoms with Crippen molar-refractivity contribution in [3.63, 3.8) is 0 Å². The summed E-state index contributed by atoms with van der Waals surface area (Å²) < 4.78 is 0. The molecule has 0 atom stereocenters. The molecule has 542 valence electrons. The molecule has 1 heterocycles. The van der Waals surface area contributed by atoms with Crippen LogP contribution in [0.25, 0.3) is 89.8 Å². The van der Waals surface area contributed by atoms with Crippen molar-refractivity contribution in [2.24, 2.45) is 0 Å². The monoisotopic (exact) mass is 1380 g/mol. The molecule has 1 aromatic heterocycles. The van der Waals surface area contributed by atoms with E-state index in [-0.39, 0.29) is 0 Å². The van der Waals surface area contributed by atoms with Crippen molar-refractivity contribution in [3.8, 4) is 89.8 Å². The second kappa shape index (κ2) is 39.4. The summed E-state index contributed by atoms with van der Waals surface area (Å²) in [6.45, 7) is 37.7. The molecule has 0 saturated carbocycles. The fourth-order valence-electron chi connectivity index (χ4n) is 16.1. The molecule has 0 saturated heterocycles. The summed E-state index contributed by atoms with van der Waals surface area (Å²) in [6, 6.07) is 67.3. The van der Waals surface area contributed by atoms with Gasteiger partial charge in [-0.1, -0.05) is 321 Å². The highest BCUT2D eigenvalue weighted by molar-refractivity contribution is 5.79. The van der Waals surface area contributed by atoms with Crippen LogP contribution in [0, 0.1) is 96.9 Å². The maximum absolute atomic E-state index is 5.08. The van der Waals surface area contributed by atoms with Gasteiger partial charge in [0.1, 0.15) is 0 Å². The zero-order chi connectivity index (χ0) is 74.2. The molecule has 0 aliphatic heterocycles. The van der Waals surface area contributed by atoms with E-state index >= 15 is 0 Å². The molecule has 0 spiro atoms. The van der Waals surface area contributed by atoms with Crippen LogP contribution in [-0.2, 0) is 19.3 Å². The molecule has 0 N–H and O–H groups in total. The zero-order valence-electron chi connectivity index (χ0n) is 67.0. The van der Waals surface area contributed by atoms with E-state index in [0.29, 0.717) is 17.5 Å². The van der Waals surface area contributed by atoms with Crippen LogP contribution < -0.4 is 0 Å². The van der Waals surface area contributed by atoms with Crippen molar-refractivity contribution in [3.05, 3.63) is 277 Å². The molecule has 11 rings (SSSR count). The number of hydrogen-bond acceptors (Lipinski definition) is 3. The average molecular weight is 1380 g/mol. The lowest BCUT2D eigenvalue weighted by molar-refractivity contribution is 0.556. The van der Waals surface area contributed by atoms with Gasteiger partial charge in [-0.3, -0.25) is 0 Å². The van der Waals surface area contributed by atoms with E-state index in [0.717, 1.165) is 23.1 Å². The molecule has 10 aromatic carbocycles. The number of nitrogens with zero attached hydrogens (tertiary/aromatic N) is 3. The van der Waals surface area contributed by atoms with Gasteiger partial charge in [0.25, 0.3) is 0 Å². The molecule has 0 aliphatic rings. The Morgan fingerprint density at radius 1 is 0.192 bits per heavy atom. The molecule has 0 unspecified atom stereocenters. The molecule has 0 amide bonds. The molecular weight excluding hydrogens is 1260 g/mol. The standard InChI is InChI=1S/C51H59N3.C30H30.C20H34/c1-8-9-10-11-12-13-14-15-16-17-18-41-19-21-44(22-20-41)49-52-50(45-27-23-42(24-28-45)47-37(4)31-35(2)32-38(47)5)54-51(53-49)46-29-25-43(26-30-46)48-39(6)33-36(3)34-40(48)7;1-19-15-21(3)29(22(4)16-19)27-11-7-25(8-12-27)26-9-13-28(14-10-26)30-23(5)17-20(2)18-24(30)6;1-5-7-9-11-13-19-15-18(4)20(16-17(19)3)14-12-10-8-6-2/h19-34H,8-18H2,1-7H3;7-18H,1-6H3;15-16H,5-14H2,1-4H3. The number of unbranched alkanes of at least 4 members (excludes halogenated alkanes) is 15. The molecule has 3 nitrogen and oxygen atoms in total. The summed E-state index contributed by atoms with van der Waals surface area (Å²) in [7, 11) is 0. The Labute approximate surface area is 630 Å². The van der Waals surface area contributed by atoms with Gasteiger partial charge in [-0.05, 0) is 263 Å². The third kappa shape index (κ3) is 22.1. The fourth-order valence-corrected chi connectivity index (χ4v) is 16.1. The molecular formula is C101H123N3. The van der Waals surface area contributed by atoms with Gasteiger partial charge in [0.15, 0.2) is 17.5 Å². The number of hydrogen-bond donors (Lipinski definition) is 0. The van der Waals surface area contributed by atoms with Gasteiger partial charge in [-0.15, -0.1) is 0 Å². The van der Waals surface area contributed by atoms with Crippen LogP contribution in [0.4, 0.5) is 0 Å². The fraction of sp³-hybridized carbons (Fsp3) is 0.376. The minimum absolute atomic E-state index is 0.683. The zero-order valence-corrected chi connectivity index (χ0v) is 67.0. The summed E-state index contributed by atoms with van der Waals surface area (Å²) in [5.74, 6) is 2.06. The van der Waals surface area contributed by atoms with Crippen molar-refractivity contribution in [1.29, 1.82) is 0 Å². The number of aromatic nitrogens is 3. The number of benzene rings is 10. The van der Waals surface area contributed by atoms with Crippen LogP contribution in [-0.4, -0.2) is 15.0 Å². The lowest BCUT2D eigenvalue weighted by Crippen LogP contribution is -2.00. The van der Waals surface area contributed by atoms with Crippen molar-refractivity contribution < 1.29 is 0 Å². The Balaban J connectivity index is 0.000000209. The van der Waals surface area contributed by atoms with E-state index in [9.17, 15) is 0 Å². The van der Waals surface area contributed by atoms with Gasteiger partial charge in [0.05, 0.1) is 0 Å². The first-order valence-corrected chi connectivity index (χ1v) is 39.9. The lowest BCUT2D eigenvalue weighted by Gasteiger charge is -2.13. The van der Waals surface area contributed by atoms with E-state index in [1.807, 2.05) is 0 Å². The summed E-state index contributed by atoms with van der Waals surface area (Å²) in [6.07, 6.45) is 28.1. The third-order valence-electron chi connectivity index (χ3n) is 21.3. The minimum atomic E-state index is 0.683. The molecule has 3 heteroatoms. The smallest absolute Gasteiger partial charge is 0.164 e. The number of rotatable bonds is 29. The first-order chi connectivity index (χ1) is 50.2. The summed E-state index contributed by atoms with van der Waals surface area (Å²) in [4.78, 5) is 15.2. The van der Waals surface area contributed by atoms with Crippen molar-refractivity contribution >= 4 is 0 Å². The van der Waals surface area contributed by atoms with E-state index in [4.69, 9.17) is 15.0 Å². The van der Waals surface area contributed by atoms with Crippen LogP contribution >= 0.6 is 0 Å². The molecule has 104 heavy (non-hydrogen) atoms. The van der Waals surface area contributed by atoms with Gasteiger partial charge in [-0.25, -0.2) is 15.0 Å². The van der Waals surface area contributed by atoms with Crippen molar-refractivity contribution in [1.82, 2.24) is 15.0 Å². The highest BCUT2D eigenvalue weighted by Crippen LogP contribution is 2.37. The molecule has 0 fully saturated rings. The van der Waals surface area contributed by atoms with Crippen molar-refractivity contribution in [2.75, 3.05) is 0 Å². The van der Waals surface area contributed by atoms with Crippen LogP contribution in [0.3, 0.4) is 0 Å². The molecule has 11 aromatic rings. The van der Waals surface area contributed by atoms with Crippen LogP contribution in [0.15, 0.2) is 182 Å². The minimum Gasteiger partial charge on any atom is -0.208 e. The van der Waals surface area contributed by atoms with Crippen LogP contribution in [0.5, 0.6) is 0 Å². The van der Waals surface area contributed by atoms with Gasteiger partial charge in [0, 0.05) is 16.7 Å². The molecule has 0 radical (unpaired) electrons. The maximum Gasteiger partial charge on any atom is 0.164 e. The summed E-state index contributed by atoms with van der Waals surface area (Å²) >= 11 is 0. The Morgan fingerprint density at radius 2 is 0.394 bits per heavy atom. The number of aryl methyl sites for hydroxylation is 17. The molecule has 0 bridgehead atoms. The highest BCUT2D eigenvalue weighted by atomic mass is 15.0. The Hall–Kier alpha value is -8.79. The topological polar surface area (TPSA) is 38.7 Å². The second-order valence-electron chi connectivity index (χ2n) is 30.7. The largest absolute Gasteiger partial charge is 0.208 e. The van der Waals surface area contributed by atoms with E-state index in [1.165, 1.54) is 268 Å². The molecule has 0 aliphatic carbocycles. The second-order valence-corrected chi connectivity index (χ2v) is 30.7. The predicted molar refractivity (Wildman–Crippen MR) is 454 cm³/mol.